The van der Waals surface area contributed by atoms with Crippen LogP contribution in [0.15, 0.2) is 18.3 Å². The summed E-state index contributed by atoms with van der Waals surface area (Å²) in [6, 6.07) is 4.08. The molecule has 1 heterocycles. The summed E-state index contributed by atoms with van der Waals surface area (Å²) in [4.78, 5) is 6.70. The molecule has 0 aliphatic heterocycles. The first kappa shape index (κ1) is 12.4. The largest absolute Gasteiger partial charge is 0.359 e. The van der Waals surface area contributed by atoms with Gasteiger partial charge in [-0.05, 0) is 36.5 Å². The van der Waals surface area contributed by atoms with E-state index in [-0.39, 0.29) is 0 Å². The molecular formula is C14H23N3. The predicted octanol–water partition coefficient (Wildman–Crippen LogP) is 2.56. The molecule has 1 fully saturated rings. The molecule has 3 nitrogen and oxygen atoms in total. The van der Waals surface area contributed by atoms with Gasteiger partial charge in [0.25, 0.3) is 0 Å². The normalized spacial score (nSPS) is 17.1. The summed E-state index contributed by atoms with van der Waals surface area (Å²) in [5, 5.41) is 0. The van der Waals surface area contributed by atoms with Crippen molar-refractivity contribution in [3.05, 3.63) is 23.9 Å². The fourth-order valence-corrected chi connectivity index (χ4v) is 2.65. The van der Waals surface area contributed by atoms with Crippen LogP contribution in [-0.4, -0.2) is 18.6 Å². The van der Waals surface area contributed by atoms with Crippen LogP contribution in [0, 0.1) is 5.92 Å². The highest BCUT2D eigenvalue weighted by Gasteiger charge is 2.16. The Kier molecular flexibility index (Phi) is 4.37. The Morgan fingerprint density at radius 3 is 2.82 bits per heavy atom. The number of nitrogens with zero attached hydrogens (tertiary/aromatic N) is 2. The SMILES string of the molecule is CN(CC1CCCCC1)c1cc(CN)ccn1. The highest BCUT2D eigenvalue weighted by molar-refractivity contribution is 5.40. The first-order valence-corrected chi connectivity index (χ1v) is 6.65. The topological polar surface area (TPSA) is 42.1 Å². The van der Waals surface area contributed by atoms with Crippen molar-refractivity contribution in [1.29, 1.82) is 0 Å². The van der Waals surface area contributed by atoms with Gasteiger partial charge in [-0.15, -0.1) is 0 Å². The summed E-state index contributed by atoms with van der Waals surface area (Å²) in [5.74, 6) is 1.90. The van der Waals surface area contributed by atoms with Gasteiger partial charge in [0.15, 0.2) is 0 Å². The Morgan fingerprint density at radius 2 is 2.12 bits per heavy atom. The minimum absolute atomic E-state index is 0.590. The van der Waals surface area contributed by atoms with Crippen molar-refractivity contribution in [1.82, 2.24) is 4.98 Å². The van der Waals surface area contributed by atoms with Crippen LogP contribution >= 0.6 is 0 Å². The first-order valence-electron chi connectivity index (χ1n) is 6.65. The smallest absolute Gasteiger partial charge is 0.128 e. The van der Waals surface area contributed by atoms with Crippen molar-refractivity contribution in [2.24, 2.45) is 11.7 Å². The average molecular weight is 233 g/mol. The van der Waals surface area contributed by atoms with Gasteiger partial charge >= 0.3 is 0 Å². The Morgan fingerprint density at radius 1 is 1.35 bits per heavy atom. The molecule has 0 radical (unpaired) electrons. The number of rotatable bonds is 4. The van der Waals surface area contributed by atoms with Crippen molar-refractivity contribution in [3.63, 3.8) is 0 Å². The summed E-state index contributed by atoms with van der Waals surface area (Å²) in [7, 11) is 2.14. The first-order chi connectivity index (χ1) is 8.29. The van der Waals surface area contributed by atoms with Gasteiger partial charge in [0.1, 0.15) is 5.82 Å². The molecule has 17 heavy (non-hydrogen) atoms. The maximum Gasteiger partial charge on any atom is 0.128 e. The predicted molar refractivity (Wildman–Crippen MR) is 72.0 cm³/mol. The molecule has 1 aliphatic rings. The maximum atomic E-state index is 5.66. The van der Waals surface area contributed by atoms with Crippen LogP contribution in [0.2, 0.25) is 0 Å². The van der Waals surface area contributed by atoms with Crippen LogP contribution in [0.4, 0.5) is 5.82 Å². The van der Waals surface area contributed by atoms with Gasteiger partial charge in [0.2, 0.25) is 0 Å². The van der Waals surface area contributed by atoms with E-state index >= 15 is 0 Å². The lowest BCUT2D eigenvalue weighted by atomic mass is 9.89. The van der Waals surface area contributed by atoms with Crippen molar-refractivity contribution >= 4 is 5.82 Å². The minimum Gasteiger partial charge on any atom is -0.359 e. The monoisotopic (exact) mass is 233 g/mol. The van der Waals surface area contributed by atoms with E-state index in [1.807, 2.05) is 12.3 Å². The molecule has 1 aliphatic carbocycles. The van der Waals surface area contributed by atoms with Gasteiger partial charge in [0.05, 0.1) is 0 Å². The molecule has 3 heteroatoms. The molecule has 2 N–H and O–H groups in total. The van der Waals surface area contributed by atoms with E-state index in [0.29, 0.717) is 6.54 Å². The van der Waals surface area contributed by atoms with Gasteiger partial charge in [0, 0.05) is 26.3 Å². The van der Waals surface area contributed by atoms with Crippen LogP contribution in [0.1, 0.15) is 37.7 Å². The summed E-state index contributed by atoms with van der Waals surface area (Å²) >= 11 is 0. The number of pyridine rings is 1. The van der Waals surface area contributed by atoms with E-state index in [1.165, 1.54) is 32.1 Å². The number of hydrogen-bond donors (Lipinski definition) is 1. The molecule has 1 saturated carbocycles. The molecular weight excluding hydrogens is 210 g/mol. The Balaban J connectivity index is 1.95. The second-order valence-corrected chi connectivity index (χ2v) is 5.11. The van der Waals surface area contributed by atoms with Crippen molar-refractivity contribution < 1.29 is 0 Å². The zero-order valence-corrected chi connectivity index (χ0v) is 10.7. The highest BCUT2D eigenvalue weighted by Crippen LogP contribution is 2.25. The minimum atomic E-state index is 0.590. The second kappa shape index (κ2) is 6.01. The molecule has 0 saturated heterocycles. The van der Waals surface area contributed by atoms with E-state index in [2.05, 4.69) is 23.0 Å². The van der Waals surface area contributed by atoms with Crippen molar-refractivity contribution in [2.45, 2.75) is 38.6 Å². The van der Waals surface area contributed by atoms with E-state index in [4.69, 9.17) is 5.73 Å². The summed E-state index contributed by atoms with van der Waals surface area (Å²) < 4.78 is 0. The molecule has 0 spiro atoms. The number of aromatic nitrogens is 1. The van der Waals surface area contributed by atoms with Crippen molar-refractivity contribution in [2.75, 3.05) is 18.5 Å². The van der Waals surface area contributed by atoms with Gasteiger partial charge in [-0.25, -0.2) is 4.98 Å². The van der Waals surface area contributed by atoms with Crippen LogP contribution in [0.3, 0.4) is 0 Å². The standard InChI is InChI=1S/C14H23N3/c1-17(11-12-5-3-2-4-6-12)14-9-13(10-15)7-8-16-14/h7-9,12H,2-6,10-11,15H2,1H3. The van der Waals surface area contributed by atoms with E-state index in [9.17, 15) is 0 Å². The average Bonchev–Trinajstić information content (AvgIpc) is 2.40. The van der Waals surface area contributed by atoms with Crippen molar-refractivity contribution in [3.8, 4) is 0 Å². The lowest BCUT2D eigenvalue weighted by molar-refractivity contribution is 0.361. The summed E-state index contributed by atoms with van der Waals surface area (Å²) in [6.45, 7) is 1.72. The number of hydrogen-bond acceptors (Lipinski definition) is 3. The summed E-state index contributed by atoms with van der Waals surface area (Å²) in [6.07, 6.45) is 8.82. The second-order valence-electron chi connectivity index (χ2n) is 5.11. The maximum absolute atomic E-state index is 5.66. The van der Waals surface area contributed by atoms with Crippen LogP contribution < -0.4 is 10.6 Å². The van der Waals surface area contributed by atoms with E-state index in [1.54, 1.807) is 0 Å². The molecule has 1 aromatic heterocycles. The summed E-state index contributed by atoms with van der Waals surface area (Å²) in [5.41, 5.74) is 6.81. The van der Waals surface area contributed by atoms with Gasteiger partial charge in [-0.3, -0.25) is 0 Å². The Bertz CT molecular complexity index is 345. The number of nitrogens with two attached hydrogens (primary N) is 1. The molecule has 0 amide bonds. The lowest BCUT2D eigenvalue weighted by Gasteiger charge is -2.27. The molecule has 94 valence electrons. The molecule has 2 rings (SSSR count). The Hall–Kier alpha value is -1.09. The molecule has 0 atom stereocenters. The number of anilines is 1. The fraction of sp³-hybridized carbons (Fsp3) is 0.643. The molecule has 0 unspecified atom stereocenters. The van der Waals surface area contributed by atoms with Crippen LogP contribution in [0.5, 0.6) is 0 Å². The van der Waals surface area contributed by atoms with Crippen LogP contribution in [0.25, 0.3) is 0 Å². The van der Waals surface area contributed by atoms with Crippen LogP contribution in [-0.2, 0) is 6.54 Å². The van der Waals surface area contributed by atoms with Gasteiger partial charge in [-0.1, -0.05) is 19.3 Å². The zero-order valence-electron chi connectivity index (χ0n) is 10.7. The van der Waals surface area contributed by atoms with Gasteiger partial charge < -0.3 is 10.6 Å². The third-order valence-corrected chi connectivity index (χ3v) is 3.69. The third-order valence-electron chi connectivity index (χ3n) is 3.69. The Labute approximate surface area is 104 Å². The third kappa shape index (κ3) is 3.43. The van der Waals surface area contributed by atoms with E-state index < -0.39 is 0 Å². The molecule has 0 bridgehead atoms. The van der Waals surface area contributed by atoms with E-state index in [0.717, 1.165) is 23.8 Å². The molecule has 1 aromatic rings. The highest BCUT2D eigenvalue weighted by atomic mass is 15.2. The quantitative estimate of drug-likeness (QED) is 0.869. The fourth-order valence-electron chi connectivity index (χ4n) is 2.65. The zero-order chi connectivity index (χ0) is 12.1. The lowest BCUT2D eigenvalue weighted by Crippen LogP contribution is -2.27. The molecule has 0 aromatic carbocycles. The van der Waals surface area contributed by atoms with Gasteiger partial charge in [-0.2, -0.15) is 0 Å².